The van der Waals surface area contributed by atoms with Crippen LogP contribution in [0.2, 0.25) is 0 Å². The maximum Gasteiger partial charge on any atom is 0.242 e. The van der Waals surface area contributed by atoms with Gasteiger partial charge in [0.15, 0.2) is 0 Å². The summed E-state index contributed by atoms with van der Waals surface area (Å²) in [5.74, 6) is -0.127. The molecule has 122 valence electrons. The molecule has 1 aliphatic heterocycles. The van der Waals surface area contributed by atoms with E-state index < -0.39 is 10.0 Å². The fraction of sp³-hybridized carbons (Fsp3) is 0.533. The van der Waals surface area contributed by atoms with Crippen molar-refractivity contribution < 1.29 is 13.2 Å². The lowest BCUT2D eigenvalue weighted by atomic mass is 10.1. The Morgan fingerprint density at radius 2 is 2.09 bits per heavy atom. The number of hydrogen-bond donors (Lipinski definition) is 1. The van der Waals surface area contributed by atoms with Crippen LogP contribution in [0, 0.1) is 5.92 Å². The Balaban J connectivity index is 2.37. The summed E-state index contributed by atoms with van der Waals surface area (Å²) in [5, 5.41) is 3.00. The molecule has 22 heavy (non-hydrogen) atoms. The quantitative estimate of drug-likeness (QED) is 0.864. The van der Waals surface area contributed by atoms with Gasteiger partial charge in [-0.25, -0.2) is 12.7 Å². The minimum Gasteiger partial charge on any atom is -0.319 e. The molecule has 0 radical (unpaired) electrons. The highest BCUT2D eigenvalue weighted by molar-refractivity contribution is 7.89. The molecule has 7 heteroatoms. The number of hydrogen-bond acceptors (Lipinski definition) is 4. The zero-order valence-electron chi connectivity index (χ0n) is 13.5. The molecular formula is C15H23N3O3S. The summed E-state index contributed by atoms with van der Waals surface area (Å²) < 4.78 is 25.7. The minimum atomic E-state index is -3.50. The summed E-state index contributed by atoms with van der Waals surface area (Å²) >= 11 is 0. The predicted octanol–water partition coefficient (Wildman–Crippen LogP) is 0.682. The van der Waals surface area contributed by atoms with Gasteiger partial charge in [0.25, 0.3) is 0 Å². The van der Waals surface area contributed by atoms with Crippen LogP contribution in [-0.4, -0.2) is 52.9 Å². The topological polar surface area (TPSA) is 69.7 Å². The molecule has 1 aromatic carbocycles. The lowest BCUT2D eigenvalue weighted by Crippen LogP contribution is -2.37. The summed E-state index contributed by atoms with van der Waals surface area (Å²) in [4.78, 5) is 14.4. The molecule has 1 N–H and O–H groups in total. The Kier molecular flexibility index (Phi) is 4.89. The molecule has 1 atom stereocenters. The summed E-state index contributed by atoms with van der Waals surface area (Å²) in [5.41, 5.74) is 1.73. The van der Waals surface area contributed by atoms with E-state index in [0.29, 0.717) is 13.1 Å². The van der Waals surface area contributed by atoms with E-state index >= 15 is 0 Å². The molecule has 2 rings (SSSR count). The van der Waals surface area contributed by atoms with Crippen molar-refractivity contribution in [1.82, 2.24) is 9.62 Å². The van der Waals surface area contributed by atoms with Crippen LogP contribution >= 0.6 is 0 Å². The summed E-state index contributed by atoms with van der Waals surface area (Å²) in [6, 6.07) is 5.03. The van der Waals surface area contributed by atoms with Gasteiger partial charge in [0.1, 0.15) is 0 Å². The van der Waals surface area contributed by atoms with Gasteiger partial charge in [0, 0.05) is 38.8 Å². The Bertz CT molecular complexity index is 671. The molecule has 0 bridgehead atoms. The number of nitrogens with one attached hydrogen (secondary N) is 1. The largest absolute Gasteiger partial charge is 0.319 e. The summed E-state index contributed by atoms with van der Waals surface area (Å²) in [6.45, 7) is 3.07. The monoisotopic (exact) mass is 325 g/mol. The van der Waals surface area contributed by atoms with Gasteiger partial charge < -0.3 is 10.2 Å². The molecule has 0 saturated heterocycles. The first kappa shape index (κ1) is 16.9. The van der Waals surface area contributed by atoms with E-state index in [4.69, 9.17) is 0 Å². The predicted molar refractivity (Wildman–Crippen MR) is 86.5 cm³/mol. The number of rotatable bonds is 5. The first-order chi connectivity index (χ1) is 10.3. The van der Waals surface area contributed by atoms with Crippen LogP contribution in [0.15, 0.2) is 23.1 Å². The molecular weight excluding hydrogens is 302 g/mol. The number of benzene rings is 1. The number of amides is 1. The minimum absolute atomic E-state index is 0.0208. The average molecular weight is 325 g/mol. The molecule has 1 aromatic rings. The zero-order valence-corrected chi connectivity index (χ0v) is 14.3. The Labute approximate surface area is 132 Å². The van der Waals surface area contributed by atoms with E-state index in [2.05, 4.69) is 5.32 Å². The molecule has 1 unspecified atom stereocenters. The fourth-order valence-corrected chi connectivity index (χ4v) is 3.54. The third-order valence-electron chi connectivity index (χ3n) is 3.93. The highest BCUT2D eigenvalue weighted by Crippen LogP contribution is 2.32. The maximum atomic E-state index is 12.5. The smallest absolute Gasteiger partial charge is 0.242 e. The second-order valence-corrected chi connectivity index (χ2v) is 7.93. The van der Waals surface area contributed by atoms with E-state index in [-0.39, 0.29) is 16.7 Å². The average Bonchev–Trinajstić information content (AvgIpc) is 2.89. The lowest BCUT2D eigenvalue weighted by Gasteiger charge is -2.22. The van der Waals surface area contributed by atoms with Crippen molar-refractivity contribution in [2.45, 2.75) is 18.2 Å². The van der Waals surface area contributed by atoms with E-state index in [1.54, 1.807) is 17.0 Å². The van der Waals surface area contributed by atoms with Crippen molar-refractivity contribution in [1.29, 1.82) is 0 Å². The van der Waals surface area contributed by atoms with E-state index in [1.807, 2.05) is 20.0 Å². The van der Waals surface area contributed by atoms with Gasteiger partial charge >= 0.3 is 0 Å². The number of carbonyl (C=O) groups is 1. The third-order valence-corrected chi connectivity index (χ3v) is 5.74. The highest BCUT2D eigenvalue weighted by Gasteiger charge is 2.29. The van der Waals surface area contributed by atoms with Crippen LogP contribution in [0.25, 0.3) is 0 Å². The highest BCUT2D eigenvalue weighted by atomic mass is 32.2. The van der Waals surface area contributed by atoms with Gasteiger partial charge in [-0.2, -0.15) is 0 Å². The van der Waals surface area contributed by atoms with Crippen molar-refractivity contribution in [2.24, 2.45) is 5.92 Å². The number of carbonyl (C=O) groups excluding carboxylic acids is 1. The molecule has 1 aliphatic rings. The number of sulfonamides is 1. The van der Waals surface area contributed by atoms with E-state index in [1.165, 1.54) is 18.4 Å². The molecule has 0 aromatic heterocycles. The van der Waals surface area contributed by atoms with Crippen LogP contribution in [0.4, 0.5) is 5.69 Å². The molecule has 1 heterocycles. The maximum absolute atomic E-state index is 12.5. The summed E-state index contributed by atoms with van der Waals surface area (Å²) in [6.07, 6.45) is 0.760. The first-order valence-electron chi connectivity index (χ1n) is 7.30. The van der Waals surface area contributed by atoms with Crippen LogP contribution < -0.4 is 10.2 Å². The van der Waals surface area contributed by atoms with E-state index in [0.717, 1.165) is 17.7 Å². The van der Waals surface area contributed by atoms with Crippen LogP contribution in [0.1, 0.15) is 12.5 Å². The first-order valence-corrected chi connectivity index (χ1v) is 8.74. The summed E-state index contributed by atoms with van der Waals surface area (Å²) in [7, 11) is 1.31. The van der Waals surface area contributed by atoms with Crippen LogP contribution in [-0.2, 0) is 21.2 Å². The Morgan fingerprint density at radius 1 is 1.41 bits per heavy atom. The van der Waals surface area contributed by atoms with Gasteiger partial charge in [-0.1, -0.05) is 13.0 Å². The molecule has 0 aliphatic carbocycles. The van der Waals surface area contributed by atoms with Crippen LogP contribution in [0.3, 0.4) is 0 Å². The number of anilines is 1. The standard InChI is InChI=1S/C15H23N3O3S/c1-11(10-16-2)15(19)18-8-7-12-5-6-13(9-14(12)18)22(20,21)17(3)4/h5-6,9,11,16H,7-8,10H2,1-4H3. The zero-order chi connectivity index (χ0) is 16.5. The van der Waals surface area contributed by atoms with Gasteiger partial charge in [-0.3, -0.25) is 4.79 Å². The van der Waals surface area contributed by atoms with Gasteiger partial charge in [-0.05, 0) is 31.2 Å². The van der Waals surface area contributed by atoms with Gasteiger partial charge in [0.05, 0.1) is 4.90 Å². The van der Waals surface area contributed by atoms with Crippen molar-refractivity contribution >= 4 is 21.6 Å². The van der Waals surface area contributed by atoms with E-state index in [9.17, 15) is 13.2 Å². The molecule has 6 nitrogen and oxygen atoms in total. The van der Waals surface area contributed by atoms with Crippen molar-refractivity contribution in [3.05, 3.63) is 23.8 Å². The fourth-order valence-electron chi connectivity index (χ4n) is 2.62. The van der Waals surface area contributed by atoms with Crippen molar-refractivity contribution in [3.8, 4) is 0 Å². The second kappa shape index (κ2) is 6.36. The van der Waals surface area contributed by atoms with Crippen molar-refractivity contribution in [3.63, 3.8) is 0 Å². The van der Waals surface area contributed by atoms with Gasteiger partial charge in [-0.15, -0.1) is 0 Å². The number of nitrogens with zero attached hydrogens (tertiary/aromatic N) is 2. The lowest BCUT2D eigenvalue weighted by molar-refractivity contribution is -0.121. The molecule has 0 fully saturated rings. The van der Waals surface area contributed by atoms with Crippen molar-refractivity contribution in [2.75, 3.05) is 39.1 Å². The third kappa shape index (κ3) is 3.02. The van der Waals surface area contributed by atoms with Crippen LogP contribution in [0.5, 0.6) is 0 Å². The normalized spacial score (nSPS) is 16.0. The molecule has 1 amide bonds. The Hall–Kier alpha value is -1.44. The van der Waals surface area contributed by atoms with Gasteiger partial charge in [0.2, 0.25) is 15.9 Å². The Morgan fingerprint density at radius 3 is 2.68 bits per heavy atom. The SMILES string of the molecule is CNCC(C)C(=O)N1CCc2ccc(S(=O)(=O)N(C)C)cc21. The number of fused-ring (bicyclic) bond motifs is 1. The molecule has 0 spiro atoms. The second-order valence-electron chi connectivity index (χ2n) is 5.78. The molecule has 0 saturated carbocycles.